The maximum absolute atomic E-state index is 10.7. The minimum absolute atomic E-state index is 0.465. The number of rotatable bonds is 2. The topological polar surface area (TPSA) is 75.4 Å². The van der Waals surface area contributed by atoms with Crippen LogP contribution >= 0.6 is 19.3 Å². The van der Waals surface area contributed by atoms with Crippen LogP contribution in [-0.2, 0) is 4.57 Å². The van der Waals surface area contributed by atoms with E-state index < -0.39 is 7.67 Å². The SMILES string of the molecule is NP(=O)(O)Nc1ccc(Cl)cc1. The lowest BCUT2D eigenvalue weighted by atomic mass is 10.3. The zero-order chi connectivity index (χ0) is 9.19. The smallest absolute Gasteiger partial charge is 0.318 e. The molecular weight excluding hydrogens is 199 g/mol. The molecule has 1 atom stereocenters. The molecule has 0 aliphatic carbocycles. The molecule has 0 aromatic heterocycles. The molecule has 0 radical (unpaired) electrons. The maximum atomic E-state index is 10.7. The Morgan fingerprint density at radius 2 is 1.92 bits per heavy atom. The Balaban J connectivity index is 2.78. The highest BCUT2D eigenvalue weighted by atomic mass is 35.5. The monoisotopic (exact) mass is 206 g/mol. The zero-order valence-electron chi connectivity index (χ0n) is 6.07. The average molecular weight is 207 g/mol. The molecule has 0 aliphatic heterocycles. The summed E-state index contributed by atoms with van der Waals surface area (Å²) in [5.41, 5.74) is 5.34. The van der Waals surface area contributed by atoms with Crippen molar-refractivity contribution in [2.45, 2.75) is 0 Å². The van der Waals surface area contributed by atoms with Crippen molar-refractivity contribution in [1.29, 1.82) is 0 Å². The van der Waals surface area contributed by atoms with Crippen LogP contribution < -0.4 is 10.6 Å². The molecule has 1 aromatic rings. The molecule has 4 nitrogen and oxygen atoms in total. The average Bonchev–Trinajstić information content (AvgIpc) is 1.91. The number of benzene rings is 1. The Kier molecular flexibility index (Phi) is 2.75. The Morgan fingerprint density at radius 3 is 2.33 bits per heavy atom. The third kappa shape index (κ3) is 3.24. The fourth-order valence-corrected chi connectivity index (χ4v) is 1.35. The predicted molar refractivity (Wildman–Crippen MR) is 49.1 cm³/mol. The summed E-state index contributed by atoms with van der Waals surface area (Å²) in [6.07, 6.45) is 0. The second-order valence-corrected chi connectivity index (χ2v) is 4.15. The van der Waals surface area contributed by atoms with Crippen LogP contribution in [0.1, 0.15) is 0 Å². The molecule has 1 aromatic carbocycles. The molecule has 0 fully saturated rings. The molecule has 0 amide bonds. The molecule has 0 saturated carbocycles. The van der Waals surface area contributed by atoms with Crippen LogP contribution in [0.2, 0.25) is 5.02 Å². The van der Waals surface area contributed by atoms with E-state index in [0.717, 1.165) is 0 Å². The standard InChI is InChI=1S/C6H8ClN2O2P/c7-5-1-3-6(4-2-5)9-12(8,10)11/h1-4H,(H4,8,9,10,11). The van der Waals surface area contributed by atoms with Crippen molar-refractivity contribution in [3.05, 3.63) is 29.3 Å². The van der Waals surface area contributed by atoms with E-state index >= 15 is 0 Å². The van der Waals surface area contributed by atoms with Gasteiger partial charge in [0.25, 0.3) is 0 Å². The van der Waals surface area contributed by atoms with Gasteiger partial charge in [-0.25, -0.2) is 10.1 Å². The summed E-state index contributed by atoms with van der Waals surface area (Å²) in [4.78, 5) is 8.73. The highest BCUT2D eigenvalue weighted by Gasteiger charge is 2.08. The maximum Gasteiger partial charge on any atom is 0.360 e. The Labute approximate surface area is 74.9 Å². The van der Waals surface area contributed by atoms with Gasteiger partial charge in [-0.3, -0.25) is 0 Å². The number of anilines is 1. The molecule has 6 heteroatoms. The normalized spacial score (nSPS) is 15.2. The lowest BCUT2D eigenvalue weighted by Gasteiger charge is -2.07. The first-order chi connectivity index (χ1) is 5.47. The van der Waals surface area contributed by atoms with Crippen molar-refractivity contribution in [2.75, 3.05) is 5.09 Å². The largest absolute Gasteiger partial charge is 0.360 e. The van der Waals surface area contributed by atoms with Gasteiger partial charge >= 0.3 is 7.67 Å². The Morgan fingerprint density at radius 1 is 1.42 bits per heavy atom. The summed E-state index contributed by atoms with van der Waals surface area (Å²) < 4.78 is 10.7. The molecule has 0 bridgehead atoms. The number of hydrogen-bond donors (Lipinski definition) is 3. The van der Waals surface area contributed by atoms with Gasteiger partial charge in [0, 0.05) is 10.7 Å². The second-order valence-electron chi connectivity index (χ2n) is 2.24. The highest BCUT2D eigenvalue weighted by Crippen LogP contribution is 2.31. The van der Waals surface area contributed by atoms with Gasteiger partial charge in [0.1, 0.15) is 0 Å². The number of halogens is 1. The van der Waals surface area contributed by atoms with Crippen molar-refractivity contribution >= 4 is 25.0 Å². The van der Waals surface area contributed by atoms with Crippen molar-refractivity contribution in [3.63, 3.8) is 0 Å². The van der Waals surface area contributed by atoms with Crippen LogP contribution in [0.5, 0.6) is 0 Å². The van der Waals surface area contributed by atoms with Gasteiger partial charge in [-0.15, -0.1) is 0 Å². The van der Waals surface area contributed by atoms with Crippen molar-refractivity contribution in [2.24, 2.45) is 5.50 Å². The van der Waals surface area contributed by atoms with E-state index in [9.17, 15) is 4.57 Å². The van der Waals surface area contributed by atoms with Crippen molar-refractivity contribution in [3.8, 4) is 0 Å². The molecule has 1 rings (SSSR count). The summed E-state index contributed by atoms with van der Waals surface area (Å²) in [6.45, 7) is 0. The van der Waals surface area contributed by atoms with E-state index in [4.69, 9.17) is 22.0 Å². The fraction of sp³-hybridized carbons (Fsp3) is 0. The van der Waals surface area contributed by atoms with Gasteiger partial charge in [0.15, 0.2) is 0 Å². The van der Waals surface area contributed by atoms with Crippen LogP contribution in [0.25, 0.3) is 0 Å². The first kappa shape index (κ1) is 9.55. The van der Waals surface area contributed by atoms with Crippen molar-refractivity contribution in [1.82, 2.24) is 0 Å². The van der Waals surface area contributed by atoms with Crippen LogP contribution in [0.3, 0.4) is 0 Å². The first-order valence-corrected chi connectivity index (χ1v) is 5.23. The molecule has 66 valence electrons. The molecular formula is C6H8ClN2O2P. The van der Waals surface area contributed by atoms with Gasteiger partial charge in [-0.1, -0.05) is 11.6 Å². The summed E-state index contributed by atoms with van der Waals surface area (Å²) in [6, 6.07) is 6.33. The molecule has 0 spiro atoms. The van der Waals surface area contributed by atoms with E-state index in [-0.39, 0.29) is 0 Å². The van der Waals surface area contributed by atoms with Crippen LogP contribution in [0.4, 0.5) is 5.69 Å². The lowest BCUT2D eigenvalue weighted by Crippen LogP contribution is -2.03. The summed E-state index contributed by atoms with van der Waals surface area (Å²) in [5.74, 6) is 0. The van der Waals surface area contributed by atoms with Gasteiger partial charge in [-0.05, 0) is 24.3 Å². The second kappa shape index (κ2) is 3.46. The van der Waals surface area contributed by atoms with Crippen LogP contribution in [-0.4, -0.2) is 4.89 Å². The van der Waals surface area contributed by atoms with Crippen molar-refractivity contribution < 1.29 is 9.46 Å². The zero-order valence-corrected chi connectivity index (χ0v) is 7.72. The fourth-order valence-electron chi connectivity index (χ4n) is 0.709. The number of nitrogens with one attached hydrogen (secondary N) is 1. The predicted octanol–water partition coefficient (Wildman–Crippen LogP) is 1.81. The van der Waals surface area contributed by atoms with Gasteiger partial charge in [0.05, 0.1) is 0 Å². The summed E-state index contributed by atoms with van der Waals surface area (Å²) >= 11 is 5.59. The first-order valence-electron chi connectivity index (χ1n) is 3.12. The summed E-state index contributed by atoms with van der Waals surface area (Å²) in [7, 11) is -3.70. The third-order valence-corrected chi connectivity index (χ3v) is 1.96. The lowest BCUT2D eigenvalue weighted by molar-refractivity contribution is 0.486. The summed E-state index contributed by atoms with van der Waals surface area (Å²) in [5, 5.41) is 2.80. The molecule has 0 saturated heterocycles. The van der Waals surface area contributed by atoms with Crippen LogP contribution in [0.15, 0.2) is 24.3 Å². The Bertz CT molecular complexity index is 308. The number of hydrogen-bond acceptors (Lipinski definition) is 1. The highest BCUT2D eigenvalue weighted by molar-refractivity contribution is 7.57. The van der Waals surface area contributed by atoms with E-state index in [0.29, 0.717) is 10.7 Å². The quantitative estimate of drug-likeness (QED) is 0.645. The molecule has 12 heavy (non-hydrogen) atoms. The minimum atomic E-state index is -3.70. The van der Waals surface area contributed by atoms with Gasteiger partial charge in [-0.2, -0.15) is 0 Å². The Hall–Kier alpha value is -0.540. The van der Waals surface area contributed by atoms with E-state index in [1.165, 1.54) is 0 Å². The number of nitrogens with two attached hydrogens (primary N) is 1. The van der Waals surface area contributed by atoms with Crippen LogP contribution in [0, 0.1) is 0 Å². The molecule has 1 unspecified atom stereocenters. The van der Waals surface area contributed by atoms with E-state index in [1.807, 2.05) is 0 Å². The van der Waals surface area contributed by atoms with E-state index in [2.05, 4.69) is 5.09 Å². The van der Waals surface area contributed by atoms with Gasteiger partial charge < -0.3 is 9.98 Å². The minimum Gasteiger partial charge on any atom is -0.318 e. The van der Waals surface area contributed by atoms with Gasteiger partial charge in [0.2, 0.25) is 0 Å². The molecule has 4 N–H and O–H groups in total. The third-order valence-electron chi connectivity index (χ3n) is 1.13. The molecule has 0 heterocycles. The van der Waals surface area contributed by atoms with E-state index in [1.54, 1.807) is 24.3 Å². The molecule has 0 aliphatic rings.